The Morgan fingerprint density at radius 2 is 2.00 bits per heavy atom. The van der Waals surface area contributed by atoms with E-state index < -0.39 is 31.2 Å². The molecule has 0 spiro atoms. The molecule has 1 aromatic rings. The number of likely N-dealkylation sites (N-methyl/N-ethyl adjacent to an activating group) is 1. The van der Waals surface area contributed by atoms with Crippen molar-refractivity contribution in [2.24, 2.45) is 0 Å². The zero-order chi connectivity index (χ0) is 17.9. The quantitative estimate of drug-likeness (QED) is 0.433. The van der Waals surface area contributed by atoms with Gasteiger partial charge in [0.05, 0.1) is 17.4 Å². The average Bonchev–Trinajstić information content (AvgIpc) is 2.83. The maximum atomic E-state index is 12.0. The number of non-ortho nitro benzene ring substituents is 1. The standard InChI is InChI=1S/C13H12Cl3N3O5/c1-17-5-9-8-4-7(18(20)21)2-3-10(8)24-11(13(14,15)16)12(9,6-17)19(22)23/h2-4,9,11H,5-6H2,1H3/t9-,11-,12+/m0/s1. The van der Waals surface area contributed by atoms with E-state index in [2.05, 4.69) is 0 Å². The largest absolute Gasteiger partial charge is 0.478 e. The van der Waals surface area contributed by atoms with Gasteiger partial charge >= 0.3 is 0 Å². The summed E-state index contributed by atoms with van der Waals surface area (Å²) in [5, 5.41) is 23.0. The molecule has 1 fully saturated rings. The highest BCUT2D eigenvalue weighted by Crippen LogP contribution is 2.54. The zero-order valence-corrected chi connectivity index (χ0v) is 14.6. The first kappa shape index (κ1) is 17.5. The summed E-state index contributed by atoms with van der Waals surface area (Å²) >= 11 is 17.9. The van der Waals surface area contributed by atoms with Crippen molar-refractivity contribution in [1.82, 2.24) is 4.90 Å². The highest BCUT2D eigenvalue weighted by molar-refractivity contribution is 6.68. The van der Waals surface area contributed by atoms with Crippen LogP contribution in [0.3, 0.4) is 0 Å². The van der Waals surface area contributed by atoms with E-state index in [1.165, 1.54) is 18.2 Å². The molecule has 0 aliphatic carbocycles. The van der Waals surface area contributed by atoms with Crippen LogP contribution in [0.4, 0.5) is 5.69 Å². The fourth-order valence-corrected chi connectivity index (χ4v) is 4.30. The van der Waals surface area contributed by atoms with Gasteiger partial charge in [-0.1, -0.05) is 34.8 Å². The maximum Gasteiger partial charge on any atom is 0.282 e. The number of hydrogen-bond acceptors (Lipinski definition) is 6. The lowest BCUT2D eigenvalue weighted by Gasteiger charge is -2.41. The second-order valence-corrected chi connectivity index (χ2v) is 8.39. The Labute approximate surface area is 151 Å². The molecular formula is C13H12Cl3N3O5. The second-order valence-electron chi connectivity index (χ2n) is 6.02. The van der Waals surface area contributed by atoms with E-state index in [9.17, 15) is 20.2 Å². The molecule has 24 heavy (non-hydrogen) atoms. The smallest absolute Gasteiger partial charge is 0.282 e. The molecule has 0 unspecified atom stereocenters. The van der Waals surface area contributed by atoms with Crippen LogP contribution in [0, 0.1) is 20.2 Å². The number of ether oxygens (including phenoxy) is 1. The van der Waals surface area contributed by atoms with E-state index in [4.69, 9.17) is 39.5 Å². The highest BCUT2D eigenvalue weighted by atomic mass is 35.6. The van der Waals surface area contributed by atoms with Gasteiger partial charge in [0, 0.05) is 29.2 Å². The topological polar surface area (TPSA) is 98.8 Å². The lowest BCUT2D eigenvalue weighted by Crippen LogP contribution is -2.63. The number of fused-ring (bicyclic) bond motifs is 3. The Morgan fingerprint density at radius 1 is 1.33 bits per heavy atom. The number of benzene rings is 1. The van der Waals surface area contributed by atoms with Crippen LogP contribution < -0.4 is 4.74 Å². The van der Waals surface area contributed by atoms with E-state index in [1.807, 2.05) is 0 Å². The summed E-state index contributed by atoms with van der Waals surface area (Å²) in [6.45, 7) is 0.307. The number of rotatable bonds is 2. The fraction of sp³-hybridized carbons (Fsp3) is 0.538. The molecule has 8 nitrogen and oxygen atoms in total. The Kier molecular flexibility index (Phi) is 4.07. The van der Waals surface area contributed by atoms with Crippen molar-refractivity contribution in [3.63, 3.8) is 0 Å². The summed E-state index contributed by atoms with van der Waals surface area (Å²) in [6, 6.07) is 3.94. The van der Waals surface area contributed by atoms with Gasteiger partial charge in [-0.15, -0.1) is 0 Å². The lowest BCUT2D eigenvalue weighted by molar-refractivity contribution is -0.582. The van der Waals surface area contributed by atoms with Gasteiger partial charge in [0.25, 0.3) is 11.2 Å². The number of nitro groups is 2. The molecule has 3 rings (SSSR count). The molecule has 0 radical (unpaired) electrons. The van der Waals surface area contributed by atoms with E-state index in [0.717, 1.165) is 0 Å². The van der Waals surface area contributed by atoms with Gasteiger partial charge in [0.15, 0.2) is 0 Å². The van der Waals surface area contributed by atoms with E-state index in [1.54, 1.807) is 11.9 Å². The first-order valence-corrected chi connectivity index (χ1v) is 8.05. The zero-order valence-electron chi connectivity index (χ0n) is 12.3. The number of likely N-dealkylation sites (tertiary alicyclic amines) is 1. The minimum absolute atomic E-state index is 0.00533. The number of hydrogen-bond donors (Lipinski definition) is 0. The minimum Gasteiger partial charge on any atom is -0.478 e. The van der Waals surface area contributed by atoms with Crippen LogP contribution in [0.5, 0.6) is 5.75 Å². The lowest BCUT2D eigenvalue weighted by atomic mass is 9.76. The fourth-order valence-electron chi connectivity index (χ4n) is 3.60. The molecule has 0 bridgehead atoms. The van der Waals surface area contributed by atoms with E-state index in [-0.39, 0.29) is 18.0 Å². The van der Waals surface area contributed by atoms with Crippen LogP contribution in [0.2, 0.25) is 0 Å². The molecule has 0 amide bonds. The second kappa shape index (κ2) is 5.59. The number of alkyl halides is 3. The molecule has 1 saturated heterocycles. The van der Waals surface area contributed by atoms with Gasteiger partial charge < -0.3 is 4.74 Å². The normalized spacial score (nSPS) is 29.5. The van der Waals surface area contributed by atoms with Gasteiger partial charge in [-0.3, -0.25) is 25.1 Å². The predicted molar refractivity (Wildman–Crippen MR) is 87.8 cm³/mol. The van der Waals surface area contributed by atoms with Crippen molar-refractivity contribution < 1.29 is 14.6 Å². The molecule has 0 aromatic heterocycles. The molecule has 130 valence electrons. The van der Waals surface area contributed by atoms with Crippen LogP contribution in [0.25, 0.3) is 0 Å². The van der Waals surface area contributed by atoms with Gasteiger partial charge in [0.1, 0.15) is 5.75 Å². The molecule has 2 aliphatic heterocycles. The Balaban J connectivity index is 2.23. The summed E-state index contributed by atoms with van der Waals surface area (Å²) in [5.41, 5.74) is -1.49. The summed E-state index contributed by atoms with van der Waals surface area (Å²) in [5.74, 6) is -0.434. The van der Waals surface area contributed by atoms with Crippen LogP contribution in [-0.2, 0) is 0 Å². The van der Waals surface area contributed by atoms with Crippen LogP contribution >= 0.6 is 34.8 Å². The van der Waals surface area contributed by atoms with Gasteiger partial charge in [0.2, 0.25) is 9.90 Å². The first-order valence-electron chi connectivity index (χ1n) is 6.92. The average molecular weight is 397 g/mol. The summed E-state index contributed by atoms with van der Waals surface area (Å²) < 4.78 is 3.64. The molecule has 0 N–H and O–H groups in total. The summed E-state index contributed by atoms with van der Waals surface area (Å²) in [7, 11) is 1.70. The maximum absolute atomic E-state index is 12.0. The third kappa shape index (κ3) is 2.48. The molecule has 11 heteroatoms. The molecule has 2 heterocycles. The number of nitro benzene ring substituents is 1. The highest BCUT2D eigenvalue weighted by Gasteiger charge is 2.70. The molecule has 1 aromatic carbocycles. The van der Waals surface area contributed by atoms with Crippen molar-refractivity contribution in [1.29, 1.82) is 0 Å². The van der Waals surface area contributed by atoms with Gasteiger partial charge in [-0.2, -0.15) is 0 Å². The predicted octanol–water partition coefficient (Wildman–Crippen LogP) is 2.77. The van der Waals surface area contributed by atoms with Crippen molar-refractivity contribution in [2.75, 3.05) is 20.1 Å². The Morgan fingerprint density at radius 3 is 2.54 bits per heavy atom. The summed E-state index contributed by atoms with van der Waals surface area (Å²) in [6.07, 6.45) is -1.33. The van der Waals surface area contributed by atoms with Crippen molar-refractivity contribution in [3.8, 4) is 5.75 Å². The number of nitrogens with zero attached hydrogens (tertiary/aromatic N) is 3. The minimum atomic E-state index is -2.03. The Bertz CT molecular complexity index is 725. The van der Waals surface area contributed by atoms with Crippen molar-refractivity contribution >= 4 is 40.5 Å². The Hall–Kier alpha value is -1.35. The SMILES string of the molecule is CN1C[C@H]2c3cc([N+](=O)[O-])ccc3O[C@H](C(Cl)(Cl)Cl)[C@@]2([N+](=O)[O-])C1. The first-order chi connectivity index (χ1) is 11.1. The third-order valence-corrected chi connectivity index (χ3v) is 5.13. The van der Waals surface area contributed by atoms with Gasteiger partial charge in [-0.25, -0.2) is 0 Å². The monoisotopic (exact) mass is 395 g/mol. The van der Waals surface area contributed by atoms with Crippen LogP contribution in [0.1, 0.15) is 11.5 Å². The van der Waals surface area contributed by atoms with E-state index >= 15 is 0 Å². The number of halogens is 3. The molecular weight excluding hydrogens is 385 g/mol. The third-order valence-electron chi connectivity index (χ3n) is 4.54. The van der Waals surface area contributed by atoms with Crippen molar-refractivity contribution in [2.45, 2.75) is 21.4 Å². The van der Waals surface area contributed by atoms with Crippen LogP contribution in [-0.4, -0.2) is 50.3 Å². The van der Waals surface area contributed by atoms with Crippen LogP contribution in [0.15, 0.2) is 18.2 Å². The molecule has 3 atom stereocenters. The molecule has 0 saturated carbocycles. The molecule has 2 aliphatic rings. The van der Waals surface area contributed by atoms with E-state index in [0.29, 0.717) is 12.1 Å². The summed E-state index contributed by atoms with van der Waals surface area (Å²) in [4.78, 5) is 23.7. The van der Waals surface area contributed by atoms with Crippen molar-refractivity contribution in [3.05, 3.63) is 44.0 Å². The van der Waals surface area contributed by atoms with Gasteiger partial charge in [-0.05, 0) is 13.1 Å².